The summed E-state index contributed by atoms with van der Waals surface area (Å²) in [6.45, 7) is 3.93. The molecule has 0 spiro atoms. The van der Waals surface area contributed by atoms with Crippen molar-refractivity contribution in [3.8, 4) is 0 Å². The van der Waals surface area contributed by atoms with E-state index in [4.69, 9.17) is 0 Å². The number of aryl methyl sites for hydroxylation is 2. The number of rotatable bonds is 3. The quantitative estimate of drug-likeness (QED) is 0.318. The molecular weight excluding hydrogens is 344 g/mol. The van der Waals surface area contributed by atoms with Crippen molar-refractivity contribution in [1.82, 2.24) is 0 Å². The third kappa shape index (κ3) is 6.04. The van der Waals surface area contributed by atoms with Crippen LogP contribution in [0.15, 0.2) is 24.3 Å². The lowest BCUT2D eigenvalue weighted by molar-refractivity contribution is -0.0867. The number of hydrogen-bond acceptors (Lipinski definition) is 0. The highest BCUT2D eigenvalue weighted by molar-refractivity contribution is 7.38. The molecule has 1 heterocycles. The van der Waals surface area contributed by atoms with Crippen molar-refractivity contribution in [1.29, 1.82) is 0 Å². The van der Waals surface area contributed by atoms with Crippen LogP contribution in [0.25, 0.3) is 10.1 Å². The highest BCUT2D eigenvalue weighted by atomic mass is 32.2. The third-order valence-electron chi connectivity index (χ3n) is 3.01. The molecule has 1 aromatic heterocycles. The van der Waals surface area contributed by atoms with E-state index in [2.05, 4.69) is 0 Å². The minimum atomic E-state index is -6.00. The summed E-state index contributed by atoms with van der Waals surface area (Å²) in [4.78, 5) is 0.535. The Bertz CT molecular complexity index is 637. The van der Waals surface area contributed by atoms with E-state index >= 15 is 0 Å². The van der Waals surface area contributed by atoms with Crippen LogP contribution in [0.3, 0.4) is 0 Å². The fourth-order valence-corrected chi connectivity index (χ4v) is 4.22. The van der Waals surface area contributed by atoms with Gasteiger partial charge in [-0.3, -0.25) is 0 Å². The second-order valence-electron chi connectivity index (χ2n) is 4.83. The maximum absolute atomic E-state index is 13.2. The Balaban J connectivity index is 0.000000463. The smallest absolute Gasteiger partial charge is 0.418 e. The molecule has 0 saturated carbocycles. The van der Waals surface area contributed by atoms with Gasteiger partial charge in [0.25, 0.3) is 0 Å². The first-order valence-electron chi connectivity index (χ1n) is 6.99. The van der Waals surface area contributed by atoms with Gasteiger partial charge in [0.2, 0.25) is 0 Å². The highest BCUT2D eigenvalue weighted by Gasteiger charge is 2.47. The van der Waals surface area contributed by atoms with Gasteiger partial charge in [0.05, 0.1) is 10.5 Å². The third-order valence-corrected chi connectivity index (χ3v) is 5.13. The summed E-state index contributed by atoms with van der Waals surface area (Å²) >= 11 is 0. The van der Waals surface area contributed by atoms with Crippen LogP contribution in [0.5, 0.6) is 0 Å². The van der Waals surface area contributed by atoms with E-state index in [0.717, 1.165) is 23.8 Å². The molecule has 0 amide bonds. The molecule has 1 atom stereocenters. The number of fused-ring (bicyclic) bond motifs is 1. The predicted octanol–water partition coefficient (Wildman–Crippen LogP) is 6.88. The van der Waals surface area contributed by atoms with Gasteiger partial charge in [0, 0.05) is 17.9 Å². The standard InChI is InChI=1S/C14H16F3S.BF4/c1-3-5-12-9-11-8-10(4-2)6-7-13(11)18(12)14(15,16)17;2-1(3,4)5/h6-9H,3-5H2,1-2H3;/q+1;-1. The van der Waals surface area contributed by atoms with Crippen LogP contribution in [-0.4, -0.2) is 7.25 Å². The summed E-state index contributed by atoms with van der Waals surface area (Å²) in [5.41, 5.74) is -3.06. The van der Waals surface area contributed by atoms with Crippen molar-refractivity contribution >= 4 is 27.8 Å². The van der Waals surface area contributed by atoms with Crippen LogP contribution >= 0.6 is 10.5 Å². The van der Waals surface area contributed by atoms with Gasteiger partial charge in [-0.05, 0) is 30.5 Å². The number of benzene rings is 1. The zero-order valence-corrected chi connectivity index (χ0v) is 13.4. The summed E-state index contributed by atoms with van der Waals surface area (Å²) in [5.74, 6) is 0. The number of hydrogen-bond donors (Lipinski definition) is 0. The molecule has 0 aliphatic rings. The predicted molar refractivity (Wildman–Crippen MR) is 81.3 cm³/mol. The summed E-state index contributed by atoms with van der Waals surface area (Å²) in [6, 6.07) is 7.11. The molecule has 0 saturated heterocycles. The van der Waals surface area contributed by atoms with Crippen LogP contribution in [0.1, 0.15) is 30.7 Å². The molecule has 0 aliphatic carbocycles. The minimum Gasteiger partial charge on any atom is -0.418 e. The Labute approximate surface area is 132 Å². The molecule has 1 unspecified atom stereocenters. The molecule has 23 heavy (non-hydrogen) atoms. The zero-order valence-electron chi connectivity index (χ0n) is 12.6. The lowest BCUT2D eigenvalue weighted by Crippen LogP contribution is -2.02. The van der Waals surface area contributed by atoms with E-state index in [-0.39, 0.29) is 0 Å². The van der Waals surface area contributed by atoms with Crippen LogP contribution in [0.4, 0.5) is 30.4 Å². The van der Waals surface area contributed by atoms with E-state index in [1.807, 2.05) is 26.0 Å². The Morgan fingerprint density at radius 2 is 1.57 bits per heavy atom. The van der Waals surface area contributed by atoms with E-state index in [9.17, 15) is 30.4 Å². The Morgan fingerprint density at radius 3 is 2.00 bits per heavy atom. The van der Waals surface area contributed by atoms with Crippen molar-refractivity contribution in [3.63, 3.8) is 0 Å². The Hall–Kier alpha value is -1.25. The number of thiophene rings is 1. The molecule has 0 aliphatic heterocycles. The molecule has 0 bridgehead atoms. The number of halogens is 7. The highest BCUT2D eigenvalue weighted by Crippen LogP contribution is 2.51. The second kappa shape index (κ2) is 7.55. The molecule has 0 radical (unpaired) electrons. The summed E-state index contributed by atoms with van der Waals surface area (Å²) in [5, 5.41) is 0.762. The molecule has 2 rings (SSSR count). The average Bonchev–Trinajstić information content (AvgIpc) is 2.73. The molecule has 130 valence electrons. The Kier molecular flexibility index (Phi) is 6.50. The second-order valence-corrected chi connectivity index (χ2v) is 6.87. The van der Waals surface area contributed by atoms with Gasteiger partial charge in [0.15, 0.2) is 9.58 Å². The maximum atomic E-state index is 13.2. The minimum absolute atomic E-state index is 0.447. The van der Waals surface area contributed by atoms with Gasteiger partial charge in [0.1, 0.15) is 0 Å². The van der Waals surface area contributed by atoms with Crippen LogP contribution in [0, 0.1) is 0 Å². The first kappa shape index (κ1) is 19.8. The van der Waals surface area contributed by atoms with Crippen molar-refractivity contribution in [2.45, 2.75) is 38.6 Å². The van der Waals surface area contributed by atoms with Crippen molar-refractivity contribution in [2.75, 3.05) is 0 Å². The van der Waals surface area contributed by atoms with Gasteiger partial charge >= 0.3 is 12.8 Å². The van der Waals surface area contributed by atoms with E-state index in [1.165, 1.54) is 0 Å². The van der Waals surface area contributed by atoms with Gasteiger partial charge in [-0.25, -0.2) is 0 Å². The molecule has 0 fully saturated rings. The van der Waals surface area contributed by atoms with Crippen LogP contribution in [-0.2, 0) is 18.3 Å². The van der Waals surface area contributed by atoms with Crippen LogP contribution in [0.2, 0.25) is 0 Å². The average molecular weight is 360 g/mol. The molecule has 1 aromatic carbocycles. The van der Waals surface area contributed by atoms with Crippen LogP contribution < -0.4 is 0 Å². The van der Waals surface area contributed by atoms with Crippen molar-refractivity contribution in [3.05, 3.63) is 34.7 Å². The van der Waals surface area contributed by atoms with E-state index in [0.29, 0.717) is 16.0 Å². The summed E-state index contributed by atoms with van der Waals surface area (Å²) in [7, 11) is -7.71. The van der Waals surface area contributed by atoms with Crippen molar-refractivity contribution < 1.29 is 30.4 Å². The largest absolute Gasteiger partial charge is 0.673 e. The van der Waals surface area contributed by atoms with Gasteiger partial charge in [-0.2, -0.15) is 0 Å². The van der Waals surface area contributed by atoms with Gasteiger partial charge in [-0.1, -0.05) is 19.9 Å². The fraction of sp³-hybridized carbons (Fsp3) is 0.429. The topological polar surface area (TPSA) is 0 Å². The molecule has 9 heteroatoms. The first-order valence-corrected chi connectivity index (χ1v) is 8.21. The van der Waals surface area contributed by atoms with Gasteiger partial charge < -0.3 is 17.3 Å². The van der Waals surface area contributed by atoms with E-state index < -0.39 is 23.2 Å². The van der Waals surface area contributed by atoms with Crippen molar-refractivity contribution in [2.24, 2.45) is 0 Å². The lowest BCUT2D eigenvalue weighted by Gasteiger charge is -1.99. The summed E-state index contributed by atoms with van der Waals surface area (Å²) < 4.78 is 78.9. The van der Waals surface area contributed by atoms with Gasteiger partial charge in [-0.15, -0.1) is 13.2 Å². The molecule has 0 nitrogen and oxygen atoms in total. The SMILES string of the molecule is CCCc1cc2cc(CC)ccc2[s+]1C(F)(F)F.F[B-](F)(F)F. The summed E-state index contributed by atoms with van der Waals surface area (Å²) in [6.07, 6.45) is 2.13. The maximum Gasteiger partial charge on any atom is 0.673 e. The first-order chi connectivity index (χ1) is 10.5. The zero-order chi connectivity index (χ0) is 17.8. The number of alkyl halides is 3. The van der Waals surface area contributed by atoms with E-state index in [1.54, 1.807) is 12.1 Å². The Morgan fingerprint density at radius 1 is 1.00 bits per heavy atom. The molecule has 2 aromatic rings. The monoisotopic (exact) mass is 360 g/mol. The molecular formula is C14H16BF7S. The fourth-order valence-electron chi connectivity index (χ4n) is 2.18. The normalized spacial score (nSPS) is 13.0. The molecule has 0 N–H and O–H groups in total. The lowest BCUT2D eigenvalue weighted by atomic mass is 10.1.